The monoisotopic (exact) mass is 464 g/mol. The van der Waals surface area contributed by atoms with E-state index in [-0.39, 0.29) is 0 Å². The predicted octanol–water partition coefficient (Wildman–Crippen LogP) is 8.43. The van der Waals surface area contributed by atoms with E-state index in [1.807, 2.05) is 0 Å². The van der Waals surface area contributed by atoms with Crippen LogP contribution in [0.1, 0.15) is 69.7 Å². The van der Waals surface area contributed by atoms with Crippen molar-refractivity contribution in [2.75, 3.05) is 6.61 Å². The van der Waals surface area contributed by atoms with Gasteiger partial charge in [0.1, 0.15) is 0 Å². The Labute approximate surface area is 203 Å². The second kappa shape index (κ2) is 13.0. The van der Waals surface area contributed by atoms with Crippen LogP contribution >= 0.6 is 0 Å². The molecule has 3 nitrogen and oxygen atoms in total. The Kier molecular flexibility index (Phi) is 10.7. The predicted molar refractivity (Wildman–Crippen MR) is 149 cm³/mol. The van der Waals surface area contributed by atoms with Gasteiger partial charge in [-0.3, -0.25) is 9.98 Å². The number of para-hydroxylation sites is 2. The molecular formula is C29H44N2OSi. The maximum absolute atomic E-state index is 6.13. The molecule has 0 aliphatic heterocycles. The maximum atomic E-state index is 6.13. The molecule has 2 aromatic carbocycles. The lowest BCUT2D eigenvalue weighted by Crippen LogP contribution is -2.26. The average molecular weight is 465 g/mol. The summed E-state index contributed by atoms with van der Waals surface area (Å²) in [5, 5.41) is 0. The molecule has 2 aromatic rings. The van der Waals surface area contributed by atoms with E-state index in [0.29, 0.717) is 0 Å². The molecule has 0 bridgehead atoms. The van der Waals surface area contributed by atoms with Gasteiger partial charge in [0.2, 0.25) is 0 Å². The minimum absolute atomic E-state index is 0.782. The number of hydrogen-bond donors (Lipinski definition) is 0. The number of aliphatic imine (C=N–C) groups is 2. The van der Waals surface area contributed by atoms with Gasteiger partial charge < -0.3 is 4.43 Å². The fourth-order valence-corrected chi connectivity index (χ4v) is 4.78. The lowest BCUT2D eigenvalue weighted by molar-refractivity contribution is 0.307. The van der Waals surface area contributed by atoms with Gasteiger partial charge in [0.05, 0.1) is 22.8 Å². The standard InChI is InChI=1S/C29H44N2OSi/c1-9-23-16-13-17-24(10-2)28(23)30-22(5)27(20-15-21-32-33(6,7)8)31-29-25(11-3)18-14-19-26(29)12-4/h13-14,16-19H,9-12,15,20-21H2,1-8H3. The molecule has 0 fully saturated rings. The Morgan fingerprint density at radius 2 is 1.15 bits per heavy atom. The van der Waals surface area contributed by atoms with Crippen molar-refractivity contribution in [3.05, 3.63) is 58.7 Å². The lowest BCUT2D eigenvalue weighted by Gasteiger charge is -2.18. The van der Waals surface area contributed by atoms with Crippen LogP contribution in [0.25, 0.3) is 0 Å². The van der Waals surface area contributed by atoms with Gasteiger partial charge in [-0.1, -0.05) is 64.1 Å². The van der Waals surface area contributed by atoms with Gasteiger partial charge in [-0.05, 0) is 87.3 Å². The molecule has 4 heteroatoms. The van der Waals surface area contributed by atoms with Gasteiger partial charge in [-0.25, -0.2) is 0 Å². The summed E-state index contributed by atoms with van der Waals surface area (Å²) < 4.78 is 6.13. The van der Waals surface area contributed by atoms with Crippen LogP contribution in [0, 0.1) is 0 Å². The first kappa shape index (κ1) is 27.2. The fourth-order valence-electron chi connectivity index (χ4n) is 4.02. The molecule has 0 aliphatic rings. The zero-order valence-corrected chi connectivity index (χ0v) is 23.2. The van der Waals surface area contributed by atoms with Crippen molar-refractivity contribution in [2.45, 2.75) is 92.8 Å². The Bertz CT molecular complexity index is 926. The van der Waals surface area contributed by atoms with E-state index in [1.54, 1.807) is 0 Å². The van der Waals surface area contributed by atoms with Crippen molar-refractivity contribution in [2.24, 2.45) is 9.98 Å². The van der Waals surface area contributed by atoms with Crippen LogP contribution in [0.2, 0.25) is 19.6 Å². The molecule has 0 aliphatic carbocycles. The topological polar surface area (TPSA) is 34.0 Å². The number of aryl methyl sites for hydroxylation is 4. The molecule has 0 aromatic heterocycles. The zero-order chi connectivity index (χ0) is 24.4. The third-order valence-electron chi connectivity index (χ3n) is 5.97. The molecule has 0 amide bonds. The maximum Gasteiger partial charge on any atom is 0.183 e. The van der Waals surface area contributed by atoms with Gasteiger partial charge in [-0.2, -0.15) is 0 Å². The minimum atomic E-state index is -1.52. The lowest BCUT2D eigenvalue weighted by atomic mass is 10.0. The highest BCUT2D eigenvalue weighted by molar-refractivity contribution is 6.69. The second-order valence-corrected chi connectivity index (χ2v) is 14.1. The number of benzene rings is 2. The van der Waals surface area contributed by atoms with Crippen molar-refractivity contribution < 1.29 is 4.43 Å². The van der Waals surface area contributed by atoms with Crippen LogP contribution in [0.4, 0.5) is 11.4 Å². The van der Waals surface area contributed by atoms with Crippen LogP contribution in [-0.2, 0) is 30.1 Å². The highest BCUT2D eigenvalue weighted by Gasteiger charge is 2.15. The van der Waals surface area contributed by atoms with Crippen LogP contribution in [0.5, 0.6) is 0 Å². The van der Waals surface area contributed by atoms with Crippen molar-refractivity contribution >= 4 is 31.1 Å². The van der Waals surface area contributed by atoms with E-state index in [1.165, 1.54) is 22.3 Å². The van der Waals surface area contributed by atoms with Gasteiger partial charge in [-0.15, -0.1) is 0 Å². The number of hydrogen-bond acceptors (Lipinski definition) is 3. The smallest absolute Gasteiger partial charge is 0.183 e. The third kappa shape index (κ3) is 8.04. The largest absolute Gasteiger partial charge is 0.418 e. The summed E-state index contributed by atoms with van der Waals surface area (Å²) in [6.07, 6.45) is 5.75. The zero-order valence-electron chi connectivity index (χ0n) is 22.2. The van der Waals surface area contributed by atoms with E-state index in [4.69, 9.17) is 14.4 Å². The summed E-state index contributed by atoms with van der Waals surface area (Å²) in [6, 6.07) is 13.1. The van der Waals surface area contributed by atoms with Gasteiger partial charge >= 0.3 is 0 Å². The summed E-state index contributed by atoms with van der Waals surface area (Å²) in [6.45, 7) is 18.5. The quantitative estimate of drug-likeness (QED) is 0.176. The highest BCUT2D eigenvalue weighted by atomic mass is 28.4. The molecule has 0 N–H and O–H groups in total. The van der Waals surface area contributed by atoms with E-state index < -0.39 is 8.32 Å². The molecule has 0 atom stereocenters. The molecule has 33 heavy (non-hydrogen) atoms. The summed E-state index contributed by atoms with van der Waals surface area (Å²) in [4.78, 5) is 10.5. The first-order valence-electron chi connectivity index (χ1n) is 12.7. The van der Waals surface area contributed by atoms with Crippen molar-refractivity contribution in [1.82, 2.24) is 0 Å². The van der Waals surface area contributed by atoms with E-state index in [0.717, 1.165) is 67.9 Å². The summed E-state index contributed by atoms with van der Waals surface area (Å²) in [5.74, 6) is 0. The molecular weight excluding hydrogens is 420 g/mol. The van der Waals surface area contributed by atoms with E-state index in [9.17, 15) is 0 Å². The van der Waals surface area contributed by atoms with Crippen molar-refractivity contribution in [3.63, 3.8) is 0 Å². The van der Waals surface area contributed by atoms with E-state index in [2.05, 4.69) is 90.7 Å². The SMILES string of the molecule is CCc1cccc(CC)c1N=C(C)C(CCCO[Si](C)(C)C)=Nc1c(CC)cccc1CC. The van der Waals surface area contributed by atoms with Crippen LogP contribution < -0.4 is 0 Å². The molecule has 0 radical (unpaired) electrons. The second-order valence-electron chi connectivity index (χ2n) is 9.58. The summed E-state index contributed by atoms with van der Waals surface area (Å²) in [5.41, 5.74) is 9.59. The van der Waals surface area contributed by atoms with Crippen LogP contribution in [-0.4, -0.2) is 26.3 Å². The first-order chi connectivity index (χ1) is 15.7. The normalized spacial score (nSPS) is 13.0. The highest BCUT2D eigenvalue weighted by Crippen LogP contribution is 2.29. The molecule has 0 heterocycles. The fraction of sp³-hybridized carbons (Fsp3) is 0.517. The van der Waals surface area contributed by atoms with Gasteiger partial charge in [0.25, 0.3) is 0 Å². The molecule has 0 saturated carbocycles. The van der Waals surface area contributed by atoms with Gasteiger partial charge in [0.15, 0.2) is 8.32 Å². The summed E-state index contributed by atoms with van der Waals surface area (Å²) in [7, 11) is -1.52. The minimum Gasteiger partial charge on any atom is -0.418 e. The Morgan fingerprint density at radius 1 is 0.727 bits per heavy atom. The number of rotatable bonds is 12. The summed E-state index contributed by atoms with van der Waals surface area (Å²) >= 11 is 0. The van der Waals surface area contributed by atoms with Crippen LogP contribution in [0.15, 0.2) is 46.4 Å². The molecule has 0 unspecified atom stereocenters. The Balaban J connectivity index is 2.52. The molecule has 0 spiro atoms. The average Bonchev–Trinajstić information content (AvgIpc) is 2.80. The van der Waals surface area contributed by atoms with Crippen molar-refractivity contribution in [1.29, 1.82) is 0 Å². The van der Waals surface area contributed by atoms with E-state index >= 15 is 0 Å². The molecule has 2 rings (SSSR count). The molecule has 0 saturated heterocycles. The Hall–Kier alpha value is -2.04. The van der Waals surface area contributed by atoms with Crippen molar-refractivity contribution in [3.8, 4) is 0 Å². The number of nitrogens with zero attached hydrogens (tertiary/aromatic N) is 2. The molecule has 180 valence electrons. The third-order valence-corrected chi connectivity index (χ3v) is 7.04. The first-order valence-corrected chi connectivity index (χ1v) is 16.1. The van der Waals surface area contributed by atoms with Crippen LogP contribution in [0.3, 0.4) is 0 Å². The Morgan fingerprint density at radius 3 is 1.55 bits per heavy atom. The van der Waals surface area contributed by atoms with Gasteiger partial charge in [0, 0.05) is 6.61 Å².